The standard InChI is InChI=1S/C21H22N6O/c28-18-4-1-3-16(12-18)25-17-5-6-20-23-13-19(26(20)14-17)15-7-9-22-21(11-15)27-10-2-8-24-27/h2,5-11,13-14,16,18,25,28H,1,3-4,12H2/t16-,18-/m1/s1. The van der Waals surface area contributed by atoms with Gasteiger partial charge in [0.05, 0.1) is 23.7 Å². The summed E-state index contributed by atoms with van der Waals surface area (Å²) in [4.78, 5) is 8.95. The van der Waals surface area contributed by atoms with Gasteiger partial charge in [0.15, 0.2) is 5.82 Å². The van der Waals surface area contributed by atoms with Gasteiger partial charge in [-0.2, -0.15) is 5.10 Å². The van der Waals surface area contributed by atoms with Crippen LogP contribution in [-0.4, -0.2) is 41.4 Å². The lowest BCUT2D eigenvalue weighted by Gasteiger charge is -2.27. The maximum atomic E-state index is 9.93. The molecular formula is C21H22N6O. The van der Waals surface area contributed by atoms with E-state index >= 15 is 0 Å². The quantitative estimate of drug-likeness (QED) is 0.573. The highest BCUT2D eigenvalue weighted by molar-refractivity contribution is 5.66. The van der Waals surface area contributed by atoms with Crippen LogP contribution in [-0.2, 0) is 0 Å². The summed E-state index contributed by atoms with van der Waals surface area (Å²) in [6.45, 7) is 0. The molecule has 1 aliphatic carbocycles. The van der Waals surface area contributed by atoms with Gasteiger partial charge in [-0.05, 0) is 56.0 Å². The molecule has 28 heavy (non-hydrogen) atoms. The van der Waals surface area contributed by atoms with E-state index in [0.717, 1.165) is 54.1 Å². The highest BCUT2D eigenvalue weighted by Crippen LogP contribution is 2.26. The third-order valence-corrected chi connectivity index (χ3v) is 5.30. The maximum absolute atomic E-state index is 9.93. The van der Waals surface area contributed by atoms with Crippen molar-refractivity contribution < 1.29 is 5.11 Å². The molecule has 2 N–H and O–H groups in total. The molecule has 0 spiro atoms. The van der Waals surface area contributed by atoms with Crippen LogP contribution in [0.1, 0.15) is 25.7 Å². The summed E-state index contributed by atoms with van der Waals surface area (Å²) >= 11 is 0. The van der Waals surface area contributed by atoms with Gasteiger partial charge in [0, 0.05) is 36.4 Å². The summed E-state index contributed by atoms with van der Waals surface area (Å²) in [7, 11) is 0. The molecule has 2 atom stereocenters. The number of pyridine rings is 2. The SMILES string of the molecule is O[C@@H]1CCC[C@@H](Nc2ccc3ncc(-c4ccnc(-n5cccn5)c4)n3c2)C1. The molecule has 142 valence electrons. The Morgan fingerprint density at radius 2 is 2.07 bits per heavy atom. The Morgan fingerprint density at radius 3 is 2.93 bits per heavy atom. The molecule has 7 nitrogen and oxygen atoms in total. The summed E-state index contributed by atoms with van der Waals surface area (Å²) in [5.74, 6) is 0.767. The zero-order valence-electron chi connectivity index (χ0n) is 15.4. The Morgan fingerprint density at radius 1 is 1.11 bits per heavy atom. The lowest BCUT2D eigenvalue weighted by atomic mass is 9.93. The van der Waals surface area contributed by atoms with Gasteiger partial charge in [0.2, 0.25) is 0 Å². The van der Waals surface area contributed by atoms with Crippen molar-refractivity contribution >= 4 is 11.3 Å². The molecule has 4 aromatic rings. The maximum Gasteiger partial charge on any atom is 0.153 e. The van der Waals surface area contributed by atoms with Crippen molar-refractivity contribution in [2.24, 2.45) is 0 Å². The van der Waals surface area contributed by atoms with Crippen molar-refractivity contribution in [3.63, 3.8) is 0 Å². The highest BCUT2D eigenvalue weighted by Gasteiger charge is 2.20. The number of nitrogens with one attached hydrogen (secondary N) is 1. The van der Waals surface area contributed by atoms with Gasteiger partial charge in [0.25, 0.3) is 0 Å². The van der Waals surface area contributed by atoms with Crippen LogP contribution >= 0.6 is 0 Å². The Kier molecular flexibility index (Phi) is 4.29. The first-order valence-electron chi connectivity index (χ1n) is 9.64. The molecule has 0 amide bonds. The van der Waals surface area contributed by atoms with Crippen LogP contribution in [0, 0.1) is 0 Å². The minimum Gasteiger partial charge on any atom is -0.393 e. The minimum absolute atomic E-state index is 0.198. The van der Waals surface area contributed by atoms with Crippen LogP contribution in [0.15, 0.2) is 61.3 Å². The van der Waals surface area contributed by atoms with Crippen molar-refractivity contribution in [1.29, 1.82) is 0 Å². The molecule has 0 unspecified atom stereocenters. The third kappa shape index (κ3) is 3.25. The Hall–Kier alpha value is -3.19. The Balaban J connectivity index is 1.48. The number of hydrogen-bond donors (Lipinski definition) is 2. The average Bonchev–Trinajstić information content (AvgIpc) is 3.38. The predicted octanol–water partition coefficient (Wildman–Crippen LogP) is 3.30. The zero-order chi connectivity index (χ0) is 18.9. The van der Waals surface area contributed by atoms with Gasteiger partial charge in [-0.25, -0.2) is 14.6 Å². The van der Waals surface area contributed by atoms with E-state index in [1.165, 1.54) is 0 Å². The normalized spacial score (nSPS) is 19.8. The molecule has 1 aliphatic rings. The van der Waals surface area contributed by atoms with E-state index < -0.39 is 0 Å². The van der Waals surface area contributed by atoms with Crippen LogP contribution in [0.3, 0.4) is 0 Å². The first-order chi connectivity index (χ1) is 13.8. The molecule has 0 saturated heterocycles. The third-order valence-electron chi connectivity index (χ3n) is 5.30. The van der Waals surface area contributed by atoms with E-state index in [4.69, 9.17) is 0 Å². The molecule has 7 heteroatoms. The molecule has 0 radical (unpaired) electrons. The largest absolute Gasteiger partial charge is 0.393 e. The van der Waals surface area contributed by atoms with Gasteiger partial charge in [-0.3, -0.25) is 4.40 Å². The second-order valence-corrected chi connectivity index (χ2v) is 7.30. The summed E-state index contributed by atoms with van der Waals surface area (Å²) in [6, 6.07) is 10.2. The number of aliphatic hydroxyl groups is 1. The molecule has 1 fully saturated rings. The van der Waals surface area contributed by atoms with E-state index in [0.29, 0.717) is 6.04 Å². The number of imidazole rings is 1. The molecule has 1 saturated carbocycles. The van der Waals surface area contributed by atoms with E-state index in [-0.39, 0.29) is 6.10 Å². The number of fused-ring (bicyclic) bond motifs is 1. The van der Waals surface area contributed by atoms with Crippen molar-refractivity contribution in [2.75, 3.05) is 5.32 Å². The molecule has 0 aliphatic heterocycles. The summed E-state index contributed by atoms with van der Waals surface area (Å²) in [5, 5.41) is 17.8. The second kappa shape index (κ2) is 7.09. The lowest BCUT2D eigenvalue weighted by molar-refractivity contribution is 0.124. The van der Waals surface area contributed by atoms with E-state index in [9.17, 15) is 5.11 Å². The van der Waals surface area contributed by atoms with Crippen LogP contribution in [0.5, 0.6) is 0 Å². The van der Waals surface area contributed by atoms with Gasteiger partial charge < -0.3 is 10.4 Å². The molecule has 0 bridgehead atoms. The van der Waals surface area contributed by atoms with Gasteiger partial charge in [0.1, 0.15) is 5.65 Å². The fourth-order valence-electron chi connectivity index (χ4n) is 3.92. The van der Waals surface area contributed by atoms with Crippen molar-refractivity contribution in [2.45, 2.75) is 37.8 Å². The number of hydrogen-bond acceptors (Lipinski definition) is 5. The van der Waals surface area contributed by atoms with Gasteiger partial charge in [-0.15, -0.1) is 0 Å². The monoisotopic (exact) mass is 374 g/mol. The number of rotatable bonds is 4. The van der Waals surface area contributed by atoms with Gasteiger partial charge >= 0.3 is 0 Å². The van der Waals surface area contributed by atoms with Crippen molar-refractivity contribution in [1.82, 2.24) is 24.1 Å². The highest BCUT2D eigenvalue weighted by atomic mass is 16.3. The lowest BCUT2D eigenvalue weighted by Crippen LogP contribution is -2.29. The molecule has 0 aromatic carbocycles. The second-order valence-electron chi connectivity index (χ2n) is 7.30. The zero-order valence-corrected chi connectivity index (χ0v) is 15.4. The van der Waals surface area contributed by atoms with Crippen LogP contribution in [0.25, 0.3) is 22.7 Å². The van der Waals surface area contributed by atoms with Crippen LogP contribution in [0.2, 0.25) is 0 Å². The average molecular weight is 374 g/mol. The Labute approximate surface area is 162 Å². The van der Waals surface area contributed by atoms with Crippen molar-refractivity contribution in [3.8, 4) is 17.1 Å². The predicted molar refractivity (Wildman–Crippen MR) is 107 cm³/mol. The van der Waals surface area contributed by atoms with E-state index in [1.54, 1.807) is 17.1 Å². The summed E-state index contributed by atoms with van der Waals surface area (Å²) in [5.41, 5.74) is 3.95. The fourth-order valence-corrected chi connectivity index (χ4v) is 3.92. The Bertz CT molecular complexity index is 1090. The van der Waals surface area contributed by atoms with Crippen molar-refractivity contribution in [3.05, 3.63) is 61.3 Å². The number of anilines is 1. The first-order valence-corrected chi connectivity index (χ1v) is 9.64. The number of nitrogens with zero attached hydrogens (tertiary/aromatic N) is 5. The van der Waals surface area contributed by atoms with Crippen LogP contribution in [0.4, 0.5) is 5.69 Å². The summed E-state index contributed by atoms with van der Waals surface area (Å²) in [6.07, 6.45) is 13.0. The minimum atomic E-state index is -0.198. The van der Waals surface area contributed by atoms with Crippen LogP contribution < -0.4 is 5.32 Å². The number of aliphatic hydroxyl groups excluding tert-OH is 1. The topological polar surface area (TPSA) is 80.3 Å². The van der Waals surface area contributed by atoms with E-state index in [2.05, 4.69) is 37.0 Å². The smallest absolute Gasteiger partial charge is 0.153 e. The summed E-state index contributed by atoms with van der Waals surface area (Å²) < 4.78 is 3.83. The molecule has 4 aromatic heterocycles. The first kappa shape index (κ1) is 16.9. The fraction of sp³-hybridized carbons (Fsp3) is 0.286. The molecular weight excluding hydrogens is 352 g/mol. The van der Waals surface area contributed by atoms with Gasteiger partial charge in [-0.1, -0.05) is 0 Å². The molecule has 4 heterocycles. The number of aromatic nitrogens is 5. The molecule has 5 rings (SSSR count). The van der Waals surface area contributed by atoms with E-state index in [1.807, 2.05) is 36.7 Å².